The molecule has 5 atom stereocenters. The SMILES string of the molecule is COC1C(O)CC1OC1CCCC(C)C1. The van der Waals surface area contributed by atoms with Crippen molar-refractivity contribution in [2.24, 2.45) is 5.92 Å². The lowest BCUT2D eigenvalue weighted by molar-refractivity contribution is -0.203. The minimum absolute atomic E-state index is 0.0952. The molecule has 3 heteroatoms. The van der Waals surface area contributed by atoms with Gasteiger partial charge in [0.2, 0.25) is 0 Å². The van der Waals surface area contributed by atoms with Gasteiger partial charge in [0.15, 0.2) is 0 Å². The molecule has 0 aromatic rings. The Labute approximate surface area is 91.8 Å². The van der Waals surface area contributed by atoms with Gasteiger partial charge in [0.25, 0.3) is 0 Å². The third kappa shape index (κ3) is 2.52. The van der Waals surface area contributed by atoms with Crippen LogP contribution in [0.4, 0.5) is 0 Å². The average Bonchev–Trinajstić information content (AvgIpc) is 2.17. The first-order chi connectivity index (χ1) is 7.20. The molecule has 2 rings (SSSR count). The smallest absolute Gasteiger partial charge is 0.109 e. The molecule has 2 fully saturated rings. The minimum Gasteiger partial charge on any atom is -0.390 e. The molecule has 1 N–H and O–H groups in total. The molecule has 0 aromatic carbocycles. The first-order valence-corrected chi connectivity index (χ1v) is 6.07. The highest BCUT2D eigenvalue weighted by atomic mass is 16.6. The van der Waals surface area contributed by atoms with E-state index in [0.717, 1.165) is 12.3 Å². The van der Waals surface area contributed by atoms with Crippen LogP contribution in [0.1, 0.15) is 39.0 Å². The fourth-order valence-corrected chi connectivity index (χ4v) is 2.75. The topological polar surface area (TPSA) is 38.7 Å². The van der Waals surface area contributed by atoms with E-state index >= 15 is 0 Å². The molecule has 0 saturated heterocycles. The zero-order valence-electron chi connectivity index (χ0n) is 9.69. The number of hydrogen-bond acceptors (Lipinski definition) is 3. The van der Waals surface area contributed by atoms with Gasteiger partial charge in [-0.05, 0) is 18.8 Å². The normalized spacial score (nSPS) is 46.2. The zero-order chi connectivity index (χ0) is 10.8. The molecule has 0 radical (unpaired) electrons. The summed E-state index contributed by atoms with van der Waals surface area (Å²) >= 11 is 0. The van der Waals surface area contributed by atoms with Crippen molar-refractivity contribution in [3.05, 3.63) is 0 Å². The van der Waals surface area contributed by atoms with Gasteiger partial charge in [-0.25, -0.2) is 0 Å². The van der Waals surface area contributed by atoms with Gasteiger partial charge in [-0.1, -0.05) is 19.8 Å². The predicted molar refractivity (Wildman–Crippen MR) is 57.7 cm³/mol. The van der Waals surface area contributed by atoms with Crippen molar-refractivity contribution in [3.8, 4) is 0 Å². The third-order valence-corrected chi connectivity index (χ3v) is 3.75. The molecule has 2 aliphatic carbocycles. The van der Waals surface area contributed by atoms with Crippen LogP contribution in [0.3, 0.4) is 0 Å². The summed E-state index contributed by atoms with van der Waals surface area (Å²) in [7, 11) is 1.65. The van der Waals surface area contributed by atoms with Crippen molar-refractivity contribution >= 4 is 0 Å². The number of rotatable bonds is 3. The molecule has 0 aliphatic heterocycles. The fourth-order valence-electron chi connectivity index (χ4n) is 2.75. The monoisotopic (exact) mass is 214 g/mol. The van der Waals surface area contributed by atoms with Crippen molar-refractivity contribution in [1.29, 1.82) is 0 Å². The summed E-state index contributed by atoms with van der Waals surface area (Å²) in [5.74, 6) is 0.787. The molecule has 0 amide bonds. The fraction of sp³-hybridized carbons (Fsp3) is 1.00. The van der Waals surface area contributed by atoms with E-state index in [2.05, 4.69) is 6.92 Å². The number of ether oxygens (including phenoxy) is 2. The molecule has 2 saturated carbocycles. The molecule has 2 aliphatic rings. The van der Waals surface area contributed by atoms with Gasteiger partial charge in [0.05, 0.1) is 18.3 Å². The molecule has 5 unspecified atom stereocenters. The molecule has 3 nitrogen and oxygen atoms in total. The van der Waals surface area contributed by atoms with Gasteiger partial charge in [-0.15, -0.1) is 0 Å². The third-order valence-electron chi connectivity index (χ3n) is 3.75. The Bertz CT molecular complexity index is 205. The van der Waals surface area contributed by atoms with Crippen molar-refractivity contribution in [2.45, 2.75) is 63.4 Å². The lowest BCUT2D eigenvalue weighted by Crippen LogP contribution is -2.54. The average molecular weight is 214 g/mol. The van der Waals surface area contributed by atoms with Gasteiger partial charge in [-0.3, -0.25) is 0 Å². The summed E-state index contributed by atoms with van der Waals surface area (Å²) in [5, 5.41) is 9.45. The lowest BCUT2D eigenvalue weighted by Gasteiger charge is -2.43. The highest BCUT2D eigenvalue weighted by Crippen LogP contribution is 2.32. The summed E-state index contributed by atoms with van der Waals surface area (Å²) in [6.45, 7) is 2.29. The van der Waals surface area contributed by atoms with Crippen LogP contribution in [0.5, 0.6) is 0 Å². The summed E-state index contributed by atoms with van der Waals surface area (Å²) in [4.78, 5) is 0. The van der Waals surface area contributed by atoms with Crippen LogP contribution in [0, 0.1) is 5.92 Å². The summed E-state index contributed by atoms with van der Waals surface area (Å²) in [6.07, 6.45) is 5.80. The predicted octanol–water partition coefficient (Wildman–Crippen LogP) is 1.73. The van der Waals surface area contributed by atoms with Crippen molar-refractivity contribution in [3.63, 3.8) is 0 Å². The van der Waals surface area contributed by atoms with E-state index in [1.165, 1.54) is 25.7 Å². The van der Waals surface area contributed by atoms with E-state index in [-0.39, 0.29) is 18.3 Å². The largest absolute Gasteiger partial charge is 0.390 e. The highest BCUT2D eigenvalue weighted by Gasteiger charge is 2.42. The maximum absolute atomic E-state index is 9.45. The second-order valence-corrected chi connectivity index (χ2v) is 5.07. The van der Waals surface area contributed by atoms with Gasteiger partial charge in [0.1, 0.15) is 6.10 Å². The summed E-state index contributed by atoms with van der Waals surface area (Å²) in [5.41, 5.74) is 0. The number of aliphatic hydroxyl groups excluding tert-OH is 1. The van der Waals surface area contributed by atoms with Crippen LogP contribution in [0.2, 0.25) is 0 Å². The molecule has 0 bridgehead atoms. The Morgan fingerprint density at radius 3 is 2.60 bits per heavy atom. The van der Waals surface area contributed by atoms with Gasteiger partial charge >= 0.3 is 0 Å². The molecule has 0 aromatic heterocycles. The summed E-state index contributed by atoms with van der Waals surface area (Å²) < 4.78 is 11.2. The first-order valence-electron chi connectivity index (χ1n) is 6.07. The number of aliphatic hydroxyl groups is 1. The van der Waals surface area contributed by atoms with E-state index in [1.54, 1.807) is 7.11 Å². The lowest BCUT2D eigenvalue weighted by atomic mass is 9.85. The number of methoxy groups -OCH3 is 1. The first kappa shape index (κ1) is 11.4. The Balaban J connectivity index is 1.77. The Hall–Kier alpha value is -0.120. The van der Waals surface area contributed by atoms with Crippen LogP contribution in [0.15, 0.2) is 0 Å². The molecular weight excluding hydrogens is 192 g/mol. The maximum atomic E-state index is 9.45. The minimum atomic E-state index is -0.319. The molecule has 0 heterocycles. The van der Waals surface area contributed by atoms with Crippen LogP contribution >= 0.6 is 0 Å². The van der Waals surface area contributed by atoms with Crippen molar-refractivity contribution in [2.75, 3.05) is 7.11 Å². The van der Waals surface area contributed by atoms with Crippen molar-refractivity contribution in [1.82, 2.24) is 0 Å². The van der Waals surface area contributed by atoms with Crippen molar-refractivity contribution < 1.29 is 14.6 Å². The Morgan fingerprint density at radius 2 is 2.00 bits per heavy atom. The van der Waals surface area contributed by atoms with E-state index in [1.807, 2.05) is 0 Å². The Kier molecular flexibility index (Phi) is 3.65. The maximum Gasteiger partial charge on any atom is 0.109 e. The van der Waals surface area contributed by atoms with E-state index in [9.17, 15) is 5.11 Å². The second-order valence-electron chi connectivity index (χ2n) is 5.07. The van der Waals surface area contributed by atoms with Gasteiger partial charge in [0, 0.05) is 13.5 Å². The van der Waals surface area contributed by atoms with Crippen LogP contribution in [-0.2, 0) is 9.47 Å². The van der Waals surface area contributed by atoms with Crippen LogP contribution < -0.4 is 0 Å². The molecular formula is C12H22O3. The molecule has 0 spiro atoms. The van der Waals surface area contributed by atoms with Gasteiger partial charge < -0.3 is 14.6 Å². The number of hydrogen-bond donors (Lipinski definition) is 1. The van der Waals surface area contributed by atoms with E-state index in [4.69, 9.17) is 9.47 Å². The van der Waals surface area contributed by atoms with E-state index in [0.29, 0.717) is 6.10 Å². The van der Waals surface area contributed by atoms with E-state index < -0.39 is 0 Å². The molecule has 15 heavy (non-hydrogen) atoms. The summed E-state index contributed by atoms with van der Waals surface area (Å²) in [6, 6.07) is 0. The van der Waals surface area contributed by atoms with Crippen LogP contribution in [0.25, 0.3) is 0 Å². The molecule has 88 valence electrons. The standard InChI is InChI=1S/C12H22O3/c1-8-4-3-5-9(6-8)15-11-7-10(13)12(11)14-2/h8-13H,3-7H2,1-2H3. The second kappa shape index (κ2) is 4.81. The Morgan fingerprint density at radius 1 is 1.20 bits per heavy atom. The highest BCUT2D eigenvalue weighted by molar-refractivity contribution is 4.92. The van der Waals surface area contributed by atoms with Gasteiger partial charge in [-0.2, -0.15) is 0 Å². The van der Waals surface area contributed by atoms with Crippen LogP contribution in [-0.4, -0.2) is 36.6 Å². The zero-order valence-corrected chi connectivity index (χ0v) is 9.69. The quantitative estimate of drug-likeness (QED) is 0.777.